The summed E-state index contributed by atoms with van der Waals surface area (Å²) >= 11 is 5.44. The molecule has 2 unspecified atom stereocenters. The van der Waals surface area contributed by atoms with Crippen LogP contribution in [0.1, 0.15) is 31.0 Å². The largest absolute Gasteiger partial charge is 0.312 e. The van der Waals surface area contributed by atoms with E-state index in [1.807, 2.05) is 18.8 Å². The molecule has 1 nitrogen and oxygen atoms in total. The third-order valence-electron chi connectivity index (χ3n) is 3.65. The zero-order valence-electron chi connectivity index (χ0n) is 12.8. The van der Waals surface area contributed by atoms with E-state index in [1.54, 1.807) is 0 Å². The molecular weight excluding hydrogens is 342 g/mol. The highest BCUT2D eigenvalue weighted by molar-refractivity contribution is 9.10. The van der Waals surface area contributed by atoms with Crippen molar-refractivity contribution in [2.24, 2.45) is 0 Å². The van der Waals surface area contributed by atoms with Crippen molar-refractivity contribution in [1.29, 1.82) is 0 Å². The molecule has 0 saturated heterocycles. The lowest BCUT2D eigenvalue weighted by Gasteiger charge is -2.24. The van der Waals surface area contributed by atoms with E-state index in [-0.39, 0.29) is 0 Å². The van der Waals surface area contributed by atoms with E-state index in [2.05, 4.69) is 83.6 Å². The van der Waals surface area contributed by atoms with Crippen molar-refractivity contribution in [1.82, 2.24) is 5.32 Å². The fraction of sp³-hybridized carbons (Fsp3) is 0.333. The molecule has 2 rings (SSSR count). The van der Waals surface area contributed by atoms with Gasteiger partial charge >= 0.3 is 0 Å². The van der Waals surface area contributed by atoms with Crippen LogP contribution in [0.4, 0.5) is 0 Å². The molecule has 21 heavy (non-hydrogen) atoms. The predicted octanol–water partition coefficient (Wildman–Crippen LogP) is 5.45. The van der Waals surface area contributed by atoms with Crippen LogP contribution in [0.3, 0.4) is 0 Å². The Morgan fingerprint density at radius 1 is 1.14 bits per heavy atom. The molecule has 0 fully saturated rings. The van der Waals surface area contributed by atoms with E-state index in [4.69, 9.17) is 0 Å². The van der Waals surface area contributed by atoms with E-state index in [0.29, 0.717) is 11.3 Å². The molecular formula is C18H22BrNS. The van der Waals surface area contributed by atoms with Gasteiger partial charge in [0.2, 0.25) is 0 Å². The Labute approximate surface area is 140 Å². The quantitative estimate of drug-likeness (QED) is 0.684. The monoisotopic (exact) mass is 363 g/mol. The highest BCUT2D eigenvalue weighted by atomic mass is 79.9. The van der Waals surface area contributed by atoms with Gasteiger partial charge in [-0.3, -0.25) is 0 Å². The summed E-state index contributed by atoms with van der Waals surface area (Å²) in [7, 11) is 2.04. The predicted molar refractivity (Wildman–Crippen MR) is 97.1 cm³/mol. The fourth-order valence-corrected chi connectivity index (χ4v) is 4.22. The number of thioether (sulfide) groups is 1. The Bertz CT molecular complexity index is 568. The highest BCUT2D eigenvalue weighted by Gasteiger charge is 2.18. The van der Waals surface area contributed by atoms with Gasteiger partial charge in [-0.05, 0) is 42.8 Å². The molecule has 0 saturated carbocycles. The standard InChI is InChI=1S/C18H22BrNS/c1-4-14-8-10-15(11-9-14)18(20-3)13(2)21-17-7-5-6-16(19)12-17/h5-13,18,20H,4H2,1-3H3. The maximum Gasteiger partial charge on any atom is 0.0438 e. The molecule has 2 aromatic carbocycles. The second kappa shape index (κ2) is 8.02. The third-order valence-corrected chi connectivity index (χ3v) is 5.31. The maximum absolute atomic E-state index is 3.54. The van der Waals surface area contributed by atoms with E-state index in [9.17, 15) is 0 Å². The molecule has 0 heterocycles. The summed E-state index contributed by atoms with van der Waals surface area (Å²) in [6.45, 7) is 4.47. The Balaban J connectivity index is 2.12. The summed E-state index contributed by atoms with van der Waals surface area (Å²) in [5.41, 5.74) is 2.74. The lowest BCUT2D eigenvalue weighted by molar-refractivity contribution is 0.589. The molecule has 0 aliphatic rings. The first-order valence-electron chi connectivity index (χ1n) is 7.32. The number of benzene rings is 2. The Morgan fingerprint density at radius 3 is 2.43 bits per heavy atom. The Hall–Kier alpha value is -0.770. The van der Waals surface area contributed by atoms with Gasteiger partial charge in [-0.25, -0.2) is 0 Å². The van der Waals surface area contributed by atoms with Crippen molar-refractivity contribution in [3.63, 3.8) is 0 Å². The van der Waals surface area contributed by atoms with Crippen LogP contribution in [0.15, 0.2) is 57.9 Å². The number of hydrogen-bond donors (Lipinski definition) is 1. The van der Waals surface area contributed by atoms with Crippen LogP contribution in [-0.2, 0) is 6.42 Å². The van der Waals surface area contributed by atoms with Gasteiger partial charge in [-0.2, -0.15) is 0 Å². The molecule has 1 N–H and O–H groups in total. The minimum Gasteiger partial charge on any atom is -0.312 e. The van der Waals surface area contributed by atoms with Crippen molar-refractivity contribution in [3.05, 3.63) is 64.1 Å². The van der Waals surface area contributed by atoms with E-state index >= 15 is 0 Å². The van der Waals surface area contributed by atoms with Crippen LogP contribution in [0, 0.1) is 0 Å². The zero-order chi connectivity index (χ0) is 15.2. The van der Waals surface area contributed by atoms with Crippen molar-refractivity contribution < 1.29 is 0 Å². The molecule has 2 atom stereocenters. The van der Waals surface area contributed by atoms with E-state index < -0.39 is 0 Å². The minimum atomic E-state index is 0.347. The SMILES string of the molecule is CCc1ccc(C(NC)C(C)Sc2cccc(Br)c2)cc1. The first-order chi connectivity index (χ1) is 10.1. The molecule has 0 aromatic heterocycles. The lowest BCUT2D eigenvalue weighted by Crippen LogP contribution is -2.25. The van der Waals surface area contributed by atoms with Gasteiger partial charge in [-0.1, -0.05) is 60.1 Å². The van der Waals surface area contributed by atoms with Gasteiger partial charge < -0.3 is 5.32 Å². The second-order valence-electron chi connectivity index (χ2n) is 5.14. The van der Waals surface area contributed by atoms with Gasteiger partial charge in [0.15, 0.2) is 0 Å². The average molecular weight is 364 g/mol. The molecule has 2 aromatic rings. The summed E-state index contributed by atoms with van der Waals surface area (Å²) in [4.78, 5) is 1.29. The molecule has 0 bridgehead atoms. The maximum atomic E-state index is 3.54. The highest BCUT2D eigenvalue weighted by Crippen LogP contribution is 2.33. The average Bonchev–Trinajstić information content (AvgIpc) is 2.48. The fourth-order valence-electron chi connectivity index (χ4n) is 2.46. The van der Waals surface area contributed by atoms with Crippen LogP contribution in [-0.4, -0.2) is 12.3 Å². The first kappa shape index (κ1) is 16.6. The number of hydrogen-bond acceptors (Lipinski definition) is 2. The summed E-state index contributed by atoms with van der Waals surface area (Å²) in [5.74, 6) is 0. The third kappa shape index (κ3) is 4.60. The van der Waals surface area contributed by atoms with Gasteiger partial charge in [0.05, 0.1) is 0 Å². The first-order valence-corrected chi connectivity index (χ1v) is 8.99. The van der Waals surface area contributed by atoms with Crippen LogP contribution in [0.2, 0.25) is 0 Å². The summed E-state index contributed by atoms with van der Waals surface area (Å²) in [6.07, 6.45) is 1.09. The van der Waals surface area contributed by atoms with Crippen molar-refractivity contribution >= 4 is 27.7 Å². The lowest BCUT2D eigenvalue weighted by atomic mass is 10.0. The summed E-state index contributed by atoms with van der Waals surface area (Å²) in [6, 6.07) is 17.8. The summed E-state index contributed by atoms with van der Waals surface area (Å²) in [5, 5.41) is 3.91. The second-order valence-corrected chi connectivity index (χ2v) is 7.51. The van der Waals surface area contributed by atoms with Gasteiger partial charge in [0.1, 0.15) is 0 Å². The van der Waals surface area contributed by atoms with Crippen molar-refractivity contribution in [2.75, 3.05) is 7.05 Å². The molecule has 112 valence electrons. The normalized spacial score (nSPS) is 13.9. The van der Waals surface area contributed by atoms with Crippen LogP contribution < -0.4 is 5.32 Å². The zero-order valence-corrected chi connectivity index (χ0v) is 15.2. The van der Waals surface area contributed by atoms with Crippen LogP contribution in [0.5, 0.6) is 0 Å². The number of rotatable bonds is 6. The molecule has 0 spiro atoms. The van der Waals surface area contributed by atoms with Crippen molar-refractivity contribution in [3.8, 4) is 0 Å². The van der Waals surface area contributed by atoms with Gasteiger partial charge in [0.25, 0.3) is 0 Å². The van der Waals surface area contributed by atoms with E-state index in [0.717, 1.165) is 10.9 Å². The molecule has 0 amide bonds. The van der Waals surface area contributed by atoms with Gasteiger partial charge in [-0.15, -0.1) is 11.8 Å². The van der Waals surface area contributed by atoms with Crippen molar-refractivity contribution in [2.45, 2.75) is 36.5 Å². The topological polar surface area (TPSA) is 12.0 Å². The smallest absolute Gasteiger partial charge is 0.0438 e. The van der Waals surface area contributed by atoms with Crippen LogP contribution in [0.25, 0.3) is 0 Å². The Morgan fingerprint density at radius 2 is 1.86 bits per heavy atom. The molecule has 0 radical (unpaired) electrons. The number of aryl methyl sites for hydroxylation is 1. The molecule has 3 heteroatoms. The number of nitrogens with one attached hydrogen (secondary N) is 1. The molecule has 0 aliphatic carbocycles. The number of halogens is 1. The molecule has 0 aliphatic heterocycles. The van der Waals surface area contributed by atoms with Gasteiger partial charge in [0, 0.05) is 20.7 Å². The van der Waals surface area contributed by atoms with Crippen LogP contribution >= 0.6 is 27.7 Å². The minimum absolute atomic E-state index is 0.347. The summed E-state index contributed by atoms with van der Waals surface area (Å²) < 4.78 is 1.13. The van der Waals surface area contributed by atoms with E-state index in [1.165, 1.54) is 16.0 Å². The Kier molecular flexibility index (Phi) is 6.34.